The normalized spacial score (nSPS) is 24.1. The molecular weight excluding hydrogens is 388 g/mol. The van der Waals surface area contributed by atoms with Crippen LogP contribution in [0.5, 0.6) is 17.5 Å². The molecule has 0 bridgehead atoms. The zero-order valence-electron chi connectivity index (χ0n) is 15.1. The summed E-state index contributed by atoms with van der Waals surface area (Å²) >= 11 is 0. The number of esters is 1. The first-order valence-corrected chi connectivity index (χ1v) is 8.52. The molecule has 13 heteroatoms. The van der Waals surface area contributed by atoms with Gasteiger partial charge in [-0.25, -0.2) is 15.0 Å². The lowest BCUT2D eigenvalue weighted by Gasteiger charge is -2.20. The molecule has 3 aromatic heterocycles. The number of carbonyl (C=O) groups excluding carboxylic acids is 1. The second kappa shape index (κ2) is 7.10. The van der Waals surface area contributed by atoms with E-state index in [9.17, 15) is 20.1 Å². The Morgan fingerprint density at radius 1 is 1.38 bits per heavy atom. The number of nitrogens with zero attached hydrogens (tertiary/aromatic N) is 4. The summed E-state index contributed by atoms with van der Waals surface area (Å²) in [6.07, 6.45) is -1.60. The van der Waals surface area contributed by atoms with E-state index in [1.54, 1.807) is 0 Å². The highest BCUT2D eigenvalue weighted by Crippen LogP contribution is 2.35. The minimum atomic E-state index is -1.27. The van der Waals surface area contributed by atoms with Gasteiger partial charge in [0.15, 0.2) is 35.4 Å². The highest BCUT2D eigenvalue weighted by atomic mass is 16.6. The summed E-state index contributed by atoms with van der Waals surface area (Å²) in [6.45, 7) is 1.01. The van der Waals surface area contributed by atoms with Gasteiger partial charge in [-0.15, -0.1) is 0 Å². The van der Waals surface area contributed by atoms with Crippen molar-refractivity contribution in [3.63, 3.8) is 0 Å². The second-order valence-electron chi connectivity index (χ2n) is 6.39. The number of carbonyl (C=O) groups is 1. The van der Waals surface area contributed by atoms with Crippen LogP contribution < -0.4 is 10.5 Å². The molecule has 0 saturated carbocycles. The quantitative estimate of drug-likeness (QED) is 0.340. The maximum atomic E-state index is 11.5. The van der Waals surface area contributed by atoms with E-state index < -0.39 is 30.5 Å². The molecule has 0 spiro atoms. The lowest BCUT2D eigenvalue weighted by atomic mass is 10.1. The molecule has 1 aliphatic heterocycles. The lowest BCUT2D eigenvalue weighted by molar-refractivity contribution is -0.153. The number of nitrogens with two attached hydrogens (primary N) is 1. The molecule has 4 heterocycles. The van der Waals surface area contributed by atoms with Crippen LogP contribution in [0.3, 0.4) is 0 Å². The Labute approximate surface area is 162 Å². The number of aromatic nitrogens is 5. The average Bonchev–Trinajstić information content (AvgIpc) is 3.31. The van der Waals surface area contributed by atoms with Gasteiger partial charge < -0.3 is 35.3 Å². The van der Waals surface area contributed by atoms with Gasteiger partial charge in [-0.1, -0.05) is 0 Å². The Balaban J connectivity index is 1.60. The molecule has 4 rings (SSSR count). The highest BCUT2D eigenvalue weighted by molar-refractivity contribution is 5.81. The third-order valence-corrected chi connectivity index (χ3v) is 4.42. The zero-order chi connectivity index (χ0) is 20.7. The van der Waals surface area contributed by atoms with Gasteiger partial charge >= 0.3 is 5.97 Å². The van der Waals surface area contributed by atoms with Gasteiger partial charge in [-0.05, 0) is 0 Å². The van der Waals surface area contributed by atoms with Crippen molar-refractivity contribution < 1.29 is 34.3 Å². The molecule has 1 saturated heterocycles. The minimum Gasteiger partial charge on any atom is -0.494 e. The number of hydrogen-bond donors (Lipinski definition) is 5. The first-order valence-electron chi connectivity index (χ1n) is 8.52. The van der Waals surface area contributed by atoms with E-state index >= 15 is 0 Å². The zero-order valence-corrected chi connectivity index (χ0v) is 15.1. The molecule has 4 atom stereocenters. The highest BCUT2D eigenvalue weighted by Gasteiger charge is 2.48. The maximum Gasteiger partial charge on any atom is 0.303 e. The van der Waals surface area contributed by atoms with Gasteiger partial charge in [0.25, 0.3) is 0 Å². The summed E-state index contributed by atoms with van der Waals surface area (Å²) in [4.78, 5) is 25.9. The van der Waals surface area contributed by atoms with Crippen LogP contribution >= 0.6 is 0 Å². The van der Waals surface area contributed by atoms with Crippen molar-refractivity contribution in [2.75, 3.05) is 12.3 Å². The fraction of sp³-hybridized carbons (Fsp3) is 0.375. The summed E-state index contributed by atoms with van der Waals surface area (Å²) in [5.41, 5.74) is 6.45. The van der Waals surface area contributed by atoms with Crippen LogP contribution in [0.15, 0.2) is 18.7 Å². The van der Waals surface area contributed by atoms with Crippen LogP contribution in [0.25, 0.3) is 11.2 Å². The third kappa shape index (κ3) is 3.36. The first kappa shape index (κ1) is 18.8. The van der Waals surface area contributed by atoms with Crippen LogP contribution in [0.1, 0.15) is 13.2 Å². The lowest BCUT2D eigenvalue weighted by Crippen LogP contribution is -2.38. The number of hydrogen-bond acceptors (Lipinski definition) is 11. The maximum absolute atomic E-state index is 11.5. The Hall–Kier alpha value is -3.58. The molecule has 1 aliphatic rings. The summed E-state index contributed by atoms with van der Waals surface area (Å²) in [5, 5.41) is 29.8. The smallest absolute Gasteiger partial charge is 0.303 e. The minimum absolute atomic E-state index is 0.0285. The summed E-state index contributed by atoms with van der Waals surface area (Å²) in [5.74, 6) is -1.15. The molecule has 0 aliphatic carbocycles. The van der Waals surface area contributed by atoms with Crippen molar-refractivity contribution in [2.24, 2.45) is 0 Å². The molecule has 0 amide bonds. The molecule has 0 radical (unpaired) electrons. The van der Waals surface area contributed by atoms with Gasteiger partial charge in [-0.2, -0.15) is 0 Å². The van der Waals surface area contributed by atoms with Crippen molar-refractivity contribution >= 4 is 23.0 Å². The fourth-order valence-electron chi connectivity index (χ4n) is 3.17. The second-order valence-corrected chi connectivity index (χ2v) is 6.39. The summed E-state index contributed by atoms with van der Waals surface area (Å²) < 4.78 is 18.0. The molecule has 6 N–H and O–H groups in total. The number of aliphatic hydroxyl groups is 1. The molecule has 154 valence electrons. The van der Waals surface area contributed by atoms with E-state index in [0.29, 0.717) is 11.2 Å². The van der Waals surface area contributed by atoms with E-state index in [1.165, 1.54) is 30.2 Å². The number of aromatic amines is 1. The Bertz CT molecular complexity index is 1050. The molecule has 0 aromatic carbocycles. The number of rotatable bonds is 5. The van der Waals surface area contributed by atoms with Gasteiger partial charge in [0.1, 0.15) is 30.7 Å². The summed E-state index contributed by atoms with van der Waals surface area (Å²) in [7, 11) is 0. The van der Waals surface area contributed by atoms with E-state index in [-0.39, 0.29) is 29.9 Å². The van der Waals surface area contributed by atoms with Gasteiger partial charge in [0.05, 0.1) is 6.33 Å². The van der Waals surface area contributed by atoms with Crippen LogP contribution in [0.2, 0.25) is 0 Å². The molecule has 13 nitrogen and oxygen atoms in total. The van der Waals surface area contributed by atoms with Gasteiger partial charge in [-0.3, -0.25) is 14.3 Å². The number of nitrogens with one attached hydrogen (secondary N) is 1. The van der Waals surface area contributed by atoms with Crippen LogP contribution in [-0.4, -0.2) is 70.7 Å². The van der Waals surface area contributed by atoms with Crippen molar-refractivity contribution in [2.45, 2.75) is 31.5 Å². The van der Waals surface area contributed by atoms with Crippen LogP contribution in [-0.2, 0) is 14.3 Å². The van der Waals surface area contributed by atoms with Gasteiger partial charge in [0.2, 0.25) is 5.88 Å². The predicted molar refractivity (Wildman–Crippen MR) is 94.8 cm³/mol. The molecular formula is C16H18N6O7. The van der Waals surface area contributed by atoms with Crippen molar-refractivity contribution in [1.82, 2.24) is 24.5 Å². The van der Waals surface area contributed by atoms with E-state index in [1.807, 2.05) is 0 Å². The number of aromatic hydroxyl groups is 2. The number of H-pyrrole nitrogens is 1. The van der Waals surface area contributed by atoms with Crippen molar-refractivity contribution in [3.8, 4) is 17.5 Å². The Kier molecular flexibility index (Phi) is 4.60. The number of anilines is 1. The SMILES string of the molecule is CC(=O)O[C@H]1[C@@H](O)[C@H](n2cnc3c(N)ncnc32)O[C@@H]1COc1cc(O)[nH]c1O. The number of nitrogen functional groups attached to an aromatic ring is 1. The Morgan fingerprint density at radius 3 is 2.86 bits per heavy atom. The largest absolute Gasteiger partial charge is 0.494 e. The molecule has 3 aromatic rings. The van der Waals surface area contributed by atoms with E-state index in [0.717, 1.165) is 0 Å². The average molecular weight is 406 g/mol. The molecule has 0 unspecified atom stereocenters. The predicted octanol–water partition coefficient (Wildman–Crippen LogP) is -0.583. The van der Waals surface area contributed by atoms with Crippen LogP contribution in [0, 0.1) is 0 Å². The Morgan fingerprint density at radius 2 is 2.17 bits per heavy atom. The fourth-order valence-corrected chi connectivity index (χ4v) is 3.17. The van der Waals surface area contributed by atoms with Crippen molar-refractivity contribution in [3.05, 3.63) is 18.7 Å². The molecule has 1 fully saturated rings. The van der Waals surface area contributed by atoms with E-state index in [4.69, 9.17) is 19.9 Å². The molecule has 29 heavy (non-hydrogen) atoms. The van der Waals surface area contributed by atoms with Crippen LogP contribution in [0.4, 0.5) is 5.82 Å². The third-order valence-electron chi connectivity index (χ3n) is 4.42. The monoisotopic (exact) mass is 406 g/mol. The standard InChI is InChI=1S/C16H18N6O7/c1-6(23)28-12-8(3-27-7-2-9(24)21-15(7)26)29-16(11(12)25)22-5-20-10-13(17)18-4-19-14(10)22/h2,4-5,8,11-12,16,21,24-26H,3H2,1H3,(H2,17,18,19)/t8-,11-,12-,16-/m1/s1. The first-order chi connectivity index (χ1) is 13.8. The van der Waals surface area contributed by atoms with Crippen molar-refractivity contribution in [1.29, 1.82) is 0 Å². The number of aliphatic hydroxyl groups excluding tert-OH is 1. The number of imidazole rings is 1. The van der Waals surface area contributed by atoms with E-state index in [2.05, 4.69) is 19.9 Å². The summed E-state index contributed by atoms with van der Waals surface area (Å²) in [6, 6.07) is 1.17. The number of fused-ring (bicyclic) bond motifs is 1. The topological polar surface area (TPSA) is 191 Å². The van der Waals surface area contributed by atoms with Gasteiger partial charge in [0, 0.05) is 13.0 Å². The number of ether oxygens (including phenoxy) is 3.